The largest absolute Gasteiger partial charge is 0.360 e. The van der Waals surface area contributed by atoms with E-state index in [2.05, 4.69) is 27.1 Å². The van der Waals surface area contributed by atoms with Crippen molar-refractivity contribution in [2.45, 2.75) is 26.2 Å². The highest BCUT2D eigenvalue weighted by atomic mass is 16.5. The first kappa shape index (κ1) is 12.1. The van der Waals surface area contributed by atoms with Crippen molar-refractivity contribution >= 4 is 5.82 Å². The summed E-state index contributed by atoms with van der Waals surface area (Å²) in [4.78, 5) is 10.8. The summed E-state index contributed by atoms with van der Waals surface area (Å²) < 4.78 is 5.19. The Morgan fingerprint density at radius 1 is 1.42 bits per heavy atom. The second-order valence-corrected chi connectivity index (χ2v) is 5.20. The Balaban J connectivity index is 1.74. The van der Waals surface area contributed by atoms with E-state index >= 15 is 0 Å². The van der Waals surface area contributed by atoms with E-state index in [-0.39, 0.29) is 0 Å². The third kappa shape index (κ3) is 2.92. The van der Waals surface area contributed by atoms with Crippen LogP contribution >= 0.6 is 0 Å². The van der Waals surface area contributed by atoms with Crippen LogP contribution in [0.15, 0.2) is 22.9 Å². The lowest BCUT2D eigenvalue weighted by molar-refractivity contribution is 0.425. The van der Waals surface area contributed by atoms with Crippen molar-refractivity contribution in [3.63, 3.8) is 0 Å². The maximum Gasteiger partial charge on any atom is 0.258 e. The highest BCUT2D eigenvalue weighted by Gasteiger charge is 2.21. The van der Waals surface area contributed by atoms with E-state index in [1.165, 1.54) is 19.3 Å². The van der Waals surface area contributed by atoms with Gasteiger partial charge in [-0.05, 0) is 31.4 Å². The lowest BCUT2D eigenvalue weighted by atomic mass is 10.2. The molecular formula is C14H18N4O. The summed E-state index contributed by atoms with van der Waals surface area (Å²) in [7, 11) is 2.08. The van der Waals surface area contributed by atoms with Gasteiger partial charge in [0.05, 0.1) is 0 Å². The molecule has 0 N–H and O–H groups in total. The van der Waals surface area contributed by atoms with Crippen LogP contribution in [-0.4, -0.2) is 28.7 Å². The fourth-order valence-electron chi connectivity index (χ4n) is 2.07. The fourth-order valence-corrected chi connectivity index (χ4v) is 2.07. The van der Waals surface area contributed by atoms with Gasteiger partial charge in [0.2, 0.25) is 0 Å². The minimum atomic E-state index is 0.553. The predicted octanol–water partition coefficient (Wildman–Crippen LogP) is 2.68. The van der Waals surface area contributed by atoms with Crippen molar-refractivity contribution in [3.8, 4) is 11.5 Å². The average molecular weight is 258 g/mol. The molecule has 0 radical (unpaired) electrons. The number of anilines is 1. The van der Waals surface area contributed by atoms with Crippen LogP contribution in [0.1, 0.15) is 25.1 Å². The average Bonchev–Trinajstić information content (AvgIpc) is 3.16. The van der Waals surface area contributed by atoms with Crippen LogP contribution in [0.2, 0.25) is 0 Å². The second kappa shape index (κ2) is 4.99. The lowest BCUT2D eigenvalue weighted by Gasteiger charge is -2.18. The first-order valence-corrected chi connectivity index (χ1v) is 6.70. The van der Waals surface area contributed by atoms with E-state index in [1.807, 2.05) is 19.1 Å². The molecule has 19 heavy (non-hydrogen) atoms. The van der Waals surface area contributed by atoms with E-state index in [0.29, 0.717) is 11.7 Å². The van der Waals surface area contributed by atoms with Gasteiger partial charge in [-0.15, -0.1) is 0 Å². The number of hydrogen-bond donors (Lipinski definition) is 0. The molecule has 1 aliphatic carbocycles. The van der Waals surface area contributed by atoms with Crippen LogP contribution in [0.5, 0.6) is 0 Å². The summed E-state index contributed by atoms with van der Waals surface area (Å²) in [6, 6.07) is 3.89. The number of aromatic nitrogens is 3. The lowest BCUT2D eigenvalue weighted by Crippen LogP contribution is -2.20. The summed E-state index contributed by atoms with van der Waals surface area (Å²) in [5.41, 5.74) is 0.920. The Labute approximate surface area is 112 Å². The molecule has 0 unspecified atom stereocenters. The Kier molecular flexibility index (Phi) is 3.19. The number of hydrogen-bond acceptors (Lipinski definition) is 5. The van der Waals surface area contributed by atoms with Crippen LogP contribution in [0.4, 0.5) is 5.82 Å². The van der Waals surface area contributed by atoms with Gasteiger partial charge in [0.25, 0.3) is 5.89 Å². The molecule has 0 aliphatic heterocycles. The van der Waals surface area contributed by atoms with Crippen molar-refractivity contribution in [3.05, 3.63) is 24.2 Å². The zero-order valence-corrected chi connectivity index (χ0v) is 11.3. The van der Waals surface area contributed by atoms with E-state index in [4.69, 9.17) is 4.52 Å². The molecule has 100 valence electrons. The Morgan fingerprint density at radius 2 is 2.26 bits per heavy atom. The smallest absolute Gasteiger partial charge is 0.258 e. The first-order chi connectivity index (χ1) is 9.22. The monoisotopic (exact) mass is 258 g/mol. The van der Waals surface area contributed by atoms with Gasteiger partial charge in [0.15, 0.2) is 5.82 Å². The molecule has 2 heterocycles. The standard InChI is InChI=1S/C14H18N4O/c1-10-16-14(19-17-10)12-5-7-15-13(9-12)18(2)8-6-11-3-4-11/h5,7,9,11H,3-4,6,8H2,1-2H3. The summed E-state index contributed by atoms with van der Waals surface area (Å²) in [6.07, 6.45) is 5.82. The van der Waals surface area contributed by atoms with Crippen LogP contribution in [-0.2, 0) is 0 Å². The third-order valence-electron chi connectivity index (χ3n) is 3.48. The van der Waals surface area contributed by atoms with Crippen LogP contribution in [0, 0.1) is 12.8 Å². The second-order valence-electron chi connectivity index (χ2n) is 5.20. The van der Waals surface area contributed by atoms with E-state index in [9.17, 15) is 0 Å². The summed E-state index contributed by atoms with van der Waals surface area (Å²) >= 11 is 0. The van der Waals surface area contributed by atoms with Crippen molar-refractivity contribution < 1.29 is 4.52 Å². The van der Waals surface area contributed by atoms with Crippen molar-refractivity contribution in [2.24, 2.45) is 5.92 Å². The molecule has 0 saturated heterocycles. The van der Waals surface area contributed by atoms with Crippen LogP contribution < -0.4 is 4.90 Å². The van der Waals surface area contributed by atoms with Gasteiger partial charge in [0, 0.05) is 25.4 Å². The Morgan fingerprint density at radius 3 is 2.95 bits per heavy atom. The van der Waals surface area contributed by atoms with Gasteiger partial charge in [-0.25, -0.2) is 4.98 Å². The zero-order valence-electron chi connectivity index (χ0n) is 11.3. The quantitative estimate of drug-likeness (QED) is 0.825. The molecule has 2 aromatic rings. The highest BCUT2D eigenvalue weighted by Crippen LogP contribution is 2.32. The number of pyridine rings is 1. The normalized spacial score (nSPS) is 14.6. The van der Waals surface area contributed by atoms with E-state index < -0.39 is 0 Å². The zero-order chi connectivity index (χ0) is 13.2. The molecule has 1 aliphatic rings. The van der Waals surface area contributed by atoms with Crippen molar-refractivity contribution in [1.29, 1.82) is 0 Å². The van der Waals surface area contributed by atoms with Crippen molar-refractivity contribution in [2.75, 3.05) is 18.5 Å². The molecule has 5 heteroatoms. The molecule has 0 bridgehead atoms. The summed E-state index contributed by atoms with van der Waals surface area (Å²) in [5, 5.41) is 3.82. The molecule has 0 spiro atoms. The summed E-state index contributed by atoms with van der Waals surface area (Å²) in [5.74, 6) is 3.09. The molecule has 1 fully saturated rings. The topological polar surface area (TPSA) is 55.1 Å². The maximum atomic E-state index is 5.19. The van der Waals surface area contributed by atoms with Crippen LogP contribution in [0.3, 0.4) is 0 Å². The number of aryl methyl sites for hydroxylation is 1. The van der Waals surface area contributed by atoms with Gasteiger partial charge < -0.3 is 9.42 Å². The molecule has 0 amide bonds. The van der Waals surface area contributed by atoms with Gasteiger partial charge in [-0.2, -0.15) is 4.98 Å². The number of rotatable bonds is 5. The first-order valence-electron chi connectivity index (χ1n) is 6.70. The van der Waals surface area contributed by atoms with Crippen LogP contribution in [0.25, 0.3) is 11.5 Å². The molecule has 5 nitrogen and oxygen atoms in total. The molecule has 0 aromatic carbocycles. The van der Waals surface area contributed by atoms with Crippen molar-refractivity contribution in [1.82, 2.24) is 15.1 Å². The maximum absolute atomic E-state index is 5.19. The predicted molar refractivity (Wildman–Crippen MR) is 72.9 cm³/mol. The minimum Gasteiger partial charge on any atom is -0.360 e. The molecule has 0 atom stereocenters. The SMILES string of the molecule is Cc1noc(-c2ccnc(N(C)CCC3CC3)c2)n1. The fraction of sp³-hybridized carbons (Fsp3) is 0.500. The Bertz CT molecular complexity index is 562. The van der Waals surface area contributed by atoms with E-state index in [1.54, 1.807) is 6.20 Å². The van der Waals surface area contributed by atoms with Gasteiger partial charge in [-0.3, -0.25) is 0 Å². The van der Waals surface area contributed by atoms with E-state index in [0.717, 1.165) is 23.8 Å². The molecule has 1 saturated carbocycles. The summed E-state index contributed by atoms with van der Waals surface area (Å²) in [6.45, 7) is 2.86. The molecule has 3 rings (SSSR count). The molecular weight excluding hydrogens is 240 g/mol. The highest BCUT2D eigenvalue weighted by molar-refractivity contribution is 5.58. The minimum absolute atomic E-state index is 0.553. The molecule has 2 aromatic heterocycles. The van der Waals surface area contributed by atoms with Gasteiger partial charge in [-0.1, -0.05) is 18.0 Å². The van der Waals surface area contributed by atoms with Gasteiger partial charge in [0.1, 0.15) is 5.82 Å². The van der Waals surface area contributed by atoms with Gasteiger partial charge >= 0.3 is 0 Å². The third-order valence-corrected chi connectivity index (χ3v) is 3.48. The number of nitrogens with zero attached hydrogens (tertiary/aromatic N) is 4. The Hall–Kier alpha value is -1.91.